The van der Waals surface area contributed by atoms with Gasteiger partial charge >= 0.3 is 12.1 Å². The van der Waals surface area contributed by atoms with E-state index in [2.05, 4.69) is 10.3 Å². The molecule has 2 aromatic rings. The fourth-order valence-electron chi connectivity index (χ4n) is 2.46. The van der Waals surface area contributed by atoms with Crippen LogP contribution in [0.25, 0.3) is 10.9 Å². The van der Waals surface area contributed by atoms with E-state index in [0.29, 0.717) is 0 Å². The number of carbonyl (C=O) groups is 2. The smallest absolute Gasteiger partial charge is 0.407 e. The normalized spacial score (nSPS) is 12.8. The van der Waals surface area contributed by atoms with Crippen molar-refractivity contribution >= 4 is 23.0 Å². The summed E-state index contributed by atoms with van der Waals surface area (Å²) in [5.41, 5.74) is 1.22. The molecule has 124 valence electrons. The molecule has 1 atom stereocenters. The predicted molar refractivity (Wildman–Crippen MR) is 87.5 cm³/mol. The third-order valence-corrected chi connectivity index (χ3v) is 3.37. The minimum absolute atomic E-state index is 0.0718. The number of fused-ring (bicyclic) bond motifs is 1. The number of rotatable bonds is 5. The van der Waals surface area contributed by atoms with Crippen molar-refractivity contribution in [3.63, 3.8) is 0 Å². The lowest BCUT2D eigenvalue weighted by Crippen LogP contribution is -2.35. The highest BCUT2D eigenvalue weighted by Gasteiger charge is 2.22. The molecule has 1 amide bonds. The number of amides is 1. The number of ether oxygens (including phenoxy) is 1. The molecular weight excluding hydrogens is 296 g/mol. The summed E-state index contributed by atoms with van der Waals surface area (Å²) in [5.74, 6) is -1.25. The Balaban J connectivity index is 2.14. The lowest BCUT2D eigenvalue weighted by atomic mass is 9.95. The fraction of sp³-hybridized carbons (Fsp3) is 0.412. The number of benzene rings is 1. The average molecular weight is 318 g/mol. The van der Waals surface area contributed by atoms with Crippen molar-refractivity contribution in [2.24, 2.45) is 0 Å². The number of carboxylic acid groups (broad SMARTS) is 1. The largest absolute Gasteiger partial charge is 0.481 e. The molecule has 0 saturated heterocycles. The Bertz CT molecular complexity index is 700. The summed E-state index contributed by atoms with van der Waals surface area (Å²) in [6, 6.07) is 7.67. The van der Waals surface area contributed by atoms with Gasteiger partial charge in [-0.1, -0.05) is 18.2 Å². The van der Waals surface area contributed by atoms with Crippen molar-refractivity contribution in [3.05, 3.63) is 36.0 Å². The molecule has 3 N–H and O–H groups in total. The SMILES string of the molecule is CC(C)(C)OC(=O)NCC(CC(=O)O)c1c[nH]c2ccccc12. The highest BCUT2D eigenvalue weighted by atomic mass is 16.6. The van der Waals surface area contributed by atoms with Gasteiger partial charge in [-0.25, -0.2) is 4.79 Å². The van der Waals surface area contributed by atoms with Gasteiger partial charge in [0.05, 0.1) is 6.42 Å². The first-order valence-corrected chi connectivity index (χ1v) is 7.51. The van der Waals surface area contributed by atoms with Crippen LogP contribution in [0, 0.1) is 0 Å². The molecule has 1 unspecified atom stereocenters. The van der Waals surface area contributed by atoms with Crippen LogP contribution in [-0.2, 0) is 9.53 Å². The quantitative estimate of drug-likeness (QED) is 0.789. The van der Waals surface area contributed by atoms with Crippen molar-refractivity contribution < 1.29 is 19.4 Å². The Labute approximate surface area is 134 Å². The maximum Gasteiger partial charge on any atom is 0.407 e. The molecule has 23 heavy (non-hydrogen) atoms. The number of carbonyl (C=O) groups excluding carboxylic acids is 1. The molecule has 6 nitrogen and oxygen atoms in total. The first-order valence-electron chi connectivity index (χ1n) is 7.51. The zero-order chi connectivity index (χ0) is 17.0. The number of aliphatic carboxylic acids is 1. The highest BCUT2D eigenvalue weighted by molar-refractivity contribution is 5.84. The summed E-state index contributed by atoms with van der Waals surface area (Å²) in [6.07, 6.45) is 1.18. The molecule has 0 aliphatic carbocycles. The van der Waals surface area contributed by atoms with Crippen LogP contribution in [0.1, 0.15) is 38.7 Å². The maximum atomic E-state index is 11.8. The van der Waals surface area contributed by atoms with Crippen molar-refractivity contribution in [2.45, 2.75) is 38.7 Å². The van der Waals surface area contributed by atoms with Gasteiger partial charge in [0.15, 0.2) is 0 Å². The number of aromatic amines is 1. The van der Waals surface area contributed by atoms with Crippen LogP contribution in [0.15, 0.2) is 30.5 Å². The number of hydrogen-bond donors (Lipinski definition) is 3. The van der Waals surface area contributed by atoms with E-state index in [4.69, 9.17) is 9.84 Å². The summed E-state index contributed by atoms with van der Waals surface area (Å²) in [4.78, 5) is 26.1. The van der Waals surface area contributed by atoms with Gasteiger partial charge in [0.1, 0.15) is 5.60 Å². The second kappa shape index (κ2) is 6.73. The minimum Gasteiger partial charge on any atom is -0.481 e. The number of hydrogen-bond acceptors (Lipinski definition) is 3. The van der Waals surface area contributed by atoms with E-state index in [9.17, 15) is 9.59 Å². The third kappa shape index (κ3) is 4.74. The van der Waals surface area contributed by atoms with Crippen molar-refractivity contribution in [1.82, 2.24) is 10.3 Å². The van der Waals surface area contributed by atoms with E-state index < -0.39 is 17.7 Å². The highest BCUT2D eigenvalue weighted by Crippen LogP contribution is 2.27. The zero-order valence-electron chi connectivity index (χ0n) is 13.6. The molecule has 0 radical (unpaired) electrons. The molecule has 0 fully saturated rings. The van der Waals surface area contributed by atoms with Gasteiger partial charge in [0.25, 0.3) is 0 Å². The van der Waals surface area contributed by atoms with Crippen LogP contribution < -0.4 is 5.32 Å². The summed E-state index contributed by atoms with van der Waals surface area (Å²) in [6.45, 7) is 5.53. The molecule has 1 aromatic carbocycles. The van der Waals surface area contributed by atoms with E-state index in [1.807, 2.05) is 24.3 Å². The van der Waals surface area contributed by atoms with Crippen molar-refractivity contribution in [2.75, 3.05) is 6.54 Å². The number of aromatic nitrogens is 1. The number of carboxylic acids is 1. The summed E-state index contributed by atoms with van der Waals surface area (Å²) >= 11 is 0. The Morgan fingerprint density at radius 3 is 2.65 bits per heavy atom. The Kier molecular flexibility index (Phi) is 4.93. The van der Waals surface area contributed by atoms with Crippen LogP contribution in [0.5, 0.6) is 0 Å². The summed E-state index contributed by atoms with van der Waals surface area (Å²) in [5, 5.41) is 12.8. The van der Waals surface area contributed by atoms with Crippen LogP contribution in [0.2, 0.25) is 0 Å². The van der Waals surface area contributed by atoms with E-state index in [-0.39, 0.29) is 18.9 Å². The summed E-state index contributed by atoms with van der Waals surface area (Å²) in [7, 11) is 0. The molecule has 0 bridgehead atoms. The second-order valence-electron chi connectivity index (χ2n) is 6.47. The number of nitrogens with one attached hydrogen (secondary N) is 2. The van der Waals surface area contributed by atoms with Gasteiger partial charge in [-0.15, -0.1) is 0 Å². The lowest BCUT2D eigenvalue weighted by molar-refractivity contribution is -0.137. The third-order valence-electron chi connectivity index (χ3n) is 3.37. The summed E-state index contributed by atoms with van der Waals surface area (Å²) < 4.78 is 5.19. The molecule has 2 rings (SSSR count). The monoisotopic (exact) mass is 318 g/mol. The Morgan fingerprint density at radius 2 is 2.00 bits per heavy atom. The molecule has 6 heteroatoms. The van der Waals surface area contributed by atoms with Crippen LogP contribution in [0.4, 0.5) is 4.79 Å². The van der Waals surface area contributed by atoms with Crippen molar-refractivity contribution in [1.29, 1.82) is 0 Å². The first-order chi connectivity index (χ1) is 10.8. The van der Waals surface area contributed by atoms with Gasteiger partial charge in [0, 0.05) is 29.6 Å². The molecule has 0 aliphatic heterocycles. The number of H-pyrrole nitrogens is 1. The van der Waals surface area contributed by atoms with Crippen molar-refractivity contribution in [3.8, 4) is 0 Å². The first kappa shape index (κ1) is 16.9. The molecule has 0 spiro atoms. The fourth-order valence-corrected chi connectivity index (χ4v) is 2.46. The standard InChI is InChI=1S/C17H22N2O4/c1-17(2,3)23-16(22)19-9-11(8-15(20)21)13-10-18-14-7-5-4-6-12(13)14/h4-7,10-11,18H,8-9H2,1-3H3,(H,19,22)(H,20,21). The molecular formula is C17H22N2O4. The molecule has 1 aromatic heterocycles. The molecule has 1 heterocycles. The van der Waals surface area contributed by atoms with Crippen LogP contribution in [0.3, 0.4) is 0 Å². The number of para-hydroxylation sites is 1. The minimum atomic E-state index is -0.911. The van der Waals surface area contributed by atoms with Gasteiger partial charge in [-0.3, -0.25) is 4.79 Å². The topological polar surface area (TPSA) is 91.4 Å². The van der Waals surface area contributed by atoms with Gasteiger partial charge in [-0.2, -0.15) is 0 Å². The lowest BCUT2D eigenvalue weighted by Gasteiger charge is -2.21. The zero-order valence-corrected chi connectivity index (χ0v) is 13.6. The van der Waals surface area contributed by atoms with Gasteiger partial charge in [0.2, 0.25) is 0 Å². The second-order valence-corrected chi connectivity index (χ2v) is 6.47. The maximum absolute atomic E-state index is 11.8. The molecule has 0 saturated carbocycles. The number of alkyl carbamates (subject to hydrolysis) is 1. The van der Waals surface area contributed by atoms with Crippen LogP contribution in [-0.4, -0.2) is 34.3 Å². The Morgan fingerprint density at radius 1 is 1.30 bits per heavy atom. The predicted octanol–water partition coefficient (Wildman–Crippen LogP) is 3.25. The average Bonchev–Trinajstić information content (AvgIpc) is 2.85. The van der Waals surface area contributed by atoms with E-state index in [1.165, 1.54) is 0 Å². The van der Waals surface area contributed by atoms with Crippen LogP contribution >= 0.6 is 0 Å². The van der Waals surface area contributed by atoms with E-state index in [0.717, 1.165) is 16.5 Å². The van der Waals surface area contributed by atoms with E-state index >= 15 is 0 Å². The van der Waals surface area contributed by atoms with E-state index in [1.54, 1.807) is 27.0 Å². The van der Waals surface area contributed by atoms with Gasteiger partial charge in [-0.05, 0) is 32.4 Å². The molecule has 0 aliphatic rings. The van der Waals surface area contributed by atoms with Gasteiger partial charge < -0.3 is 20.1 Å². The Hall–Kier alpha value is -2.50.